The number of nitrogens with one attached hydrogen (secondary N) is 1. The molecule has 4 heteroatoms. The van der Waals surface area contributed by atoms with Crippen LogP contribution in [-0.4, -0.2) is 24.4 Å². The Labute approximate surface area is 117 Å². The smallest absolute Gasteiger partial charge is 0.241 e. The van der Waals surface area contributed by atoms with Crippen molar-refractivity contribution in [3.8, 4) is 0 Å². The molecule has 19 heavy (non-hydrogen) atoms. The minimum absolute atomic E-state index is 0.0941. The van der Waals surface area contributed by atoms with Crippen molar-refractivity contribution in [3.63, 3.8) is 0 Å². The predicted octanol–water partition coefficient (Wildman–Crippen LogP) is 3.13. The van der Waals surface area contributed by atoms with Crippen LogP contribution in [0.1, 0.15) is 10.4 Å². The molecule has 0 bridgehead atoms. The molecule has 0 radical (unpaired) electrons. The number of carbonyl (C=O) groups is 1. The maximum absolute atomic E-state index is 12.0. The number of carbonyl (C=O) groups excluding carboxylic acids is 1. The van der Waals surface area contributed by atoms with E-state index in [4.69, 9.17) is 0 Å². The third kappa shape index (κ3) is 3.83. The highest BCUT2D eigenvalue weighted by atomic mass is 32.1. The molecule has 0 fully saturated rings. The molecule has 2 aromatic rings. The third-order valence-electron chi connectivity index (χ3n) is 2.99. The minimum atomic E-state index is 0.0941. The minimum Gasteiger partial charge on any atom is -0.376 e. The van der Waals surface area contributed by atoms with Crippen molar-refractivity contribution in [2.24, 2.45) is 0 Å². The average Bonchev–Trinajstić information content (AvgIpc) is 2.82. The van der Waals surface area contributed by atoms with E-state index in [1.165, 1.54) is 10.4 Å². The molecular formula is C15H18N2OS. The number of thiophene rings is 1. The van der Waals surface area contributed by atoms with Gasteiger partial charge in [-0.25, -0.2) is 0 Å². The highest BCUT2D eigenvalue weighted by molar-refractivity contribution is 7.10. The summed E-state index contributed by atoms with van der Waals surface area (Å²) in [4.78, 5) is 15.0. The lowest BCUT2D eigenvalue weighted by Gasteiger charge is -2.17. The summed E-state index contributed by atoms with van der Waals surface area (Å²) < 4.78 is 0. The molecule has 1 amide bonds. The van der Waals surface area contributed by atoms with Crippen molar-refractivity contribution < 1.29 is 4.79 Å². The van der Waals surface area contributed by atoms with Gasteiger partial charge in [0.1, 0.15) is 0 Å². The van der Waals surface area contributed by atoms with Gasteiger partial charge >= 0.3 is 0 Å². The highest BCUT2D eigenvalue weighted by Gasteiger charge is 2.10. The zero-order valence-electron chi connectivity index (χ0n) is 11.2. The first kappa shape index (κ1) is 13.6. The Balaban J connectivity index is 1.84. The van der Waals surface area contributed by atoms with E-state index < -0.39 is 0 Å². The van der Waals surface area contributed by atoms with Crippen molar-refractivity contribution >= 4 is 22.9 Å². The van der Waals surface area contributed by atoms with Crippen LogP contribution in [0.3, 0.4) is 0 Å². The molecule has 0 unspecified atom stereocenters. The van der Waals surface area contributed by atoms with Crippen LogP contribution in [-0.2, 0) is 11.3 Å². The quantitative estimate of drug-likeness (QED) is 0.908. The van der Waals surface area contributed by atoms with Gasteiger partial charge in [0, 0.05) is 17.6 Å². The zero-order chi connectivity index (χ0) is 13.7. The molecule has 1 aromatic carbocycles. The van der Waals surface area contributed by atoms with E-state index in [-0.39, 0.29) is 5.91 Å². The van der Waals surface area contributed by atoms with Gasteiger partial charge in [0.15, 0.2) is 0 Å². The van der Waals surface area contributed by atoms with Gasteiger partial charge in [-0.15, -0.1) is 11.3 Å². The first-order valence-electron chi connectivity index (χ1n) is 6.22. The topological polar surface area (TPSA) is 32.3 Å². The normalized spacial score (nSPS) is 10.2. The second kappa shape index (κ2) is 6.38. The van der Waals surface area contributed by atoms with Gasteiger partial charge in [0.2, 0.25) is 5.91 Å². The first-order chi connectivity index (χ1) is 9.16. The summed E-state index contributed by atoms with van der Waals surface area (Å²) >= 11 is 1.70. The van der Waals surface area contributed by atoms with Crippen LogP contribution in [0.15, 0.2) is 41.8 Å². The lowest BCUT2D eigenvalue weighted by Crippen LogP contribution is -2.31. The fourth-order valence-electron chi connectivity index (χ4n) is 1.74. The summed E-state index contributed by atoms with van der Waals surface area (Å²) in [7, 11) is 1.84. The number of likely N-dealkylation sites (N-methyl/N-ethyl adjacent to an activating group) is 1. The summed E-state index contributed by atoms with van der Waals surface area (Å²) in [5.74, 6) is 0.0941. The van der Waals surface area contributed by atoms with Gasteiger partial charge < -0.3 is 10.2 Å². The SMILES string of the molecule is Cc1ccsc1CN(C)C(=O)CNc1ccccc1. The highest BCUT2D eigenvalue weighted by Crippen LogP contribution is 2.17. The summed E-state index contributed by atoms with van der Waals surface area (Å²) in [6.07, 6.45) is 0. The van der Waals surface area contributed by atoms with Crippen LogP contribution in [0.25, 0.3) is 0 Å². The van der Waals surface area contributed by atoms with Crippen molar-refractivity contribution in [2.45, 2.75) is 13.5 Å². The Hall–Kier alpha value is -1.81. The molecule has 0 aliphatic heterocycles. The monoisotopic (exact) mass is 274 g/mol. The van der Waals surface area contributed by atoms with Crippen molar-refractivity contribution in [1.82, 2.24) is 4.90 Å². The van der Waals surface area contributed by atoms with Gasteiger partial charge in [-0.3, -0.25) is 4.79 Å². The molecule has 0 saturated carbocycles. The number of benzene rings is 1. The van der Waals surface area contributed by atoms with E-state index in [2.05, 4.69) is 23.7 Å². The second-order valence-electron chi connectivity index (χ2n) is 4.50. The Morgan fingerprint density at radius 2 is 2.00 bits per heavy atom. The standard InChI is InChI=1S/C15H18N2OS/c1-12-8-9-19-14(12)11-17(2)15(18)10-16-13-6-4-3-5-7-13/h3-9,16H,10-11H2,1-2H3. The van der Waals surface area contributed by atoms with Crippen LogP contribution in [0.5, 0.6) is 0 Å². The molecule has 0 saturated heterocycles. The predicted molar refractivity (Wildman–Crippen MR) is 80.5 cm³/mol. The number of anilines is 1. The van der Waals surface area contributed by atoms with Crippen LogP contribution in [0.4, 0.5) is 5.69 Å². The molecule has 0 aliphatic rings. The lowest BCUT2D eigenvalue weighted by molar-refractivity contribution is -0.128. The molecule has 100 valence electrons. The fraction of sp³-hybridized carbons (Fsp3) is 0.267. The maximum Gasteiger partial charge on any atom is 0.241 e. The Kier molecular flexibility index (Phi) is 4.58. The number of para-hydroxylation sites is 1. The van der Waals surface area contributed by atoms with E-state index in [0.29, 0.717) is 13.1 Å². The van der Waals surface area contributed by atoms with Crippen LogP contribution in [0, 0.1) is 6.92 Å². The third-order valence-corrected chi connectivity index (χ3v) is 4.00. The molecule has 0 aliphatic carbocycles. The number of rotatable bonds is 5. The molecule has 3 nitrogen and oxygen atoms in total. The summed E-state index contributed by atoms with van der Waals surface area (Å²) in [6.45, 7) is 3.08. The molecule has 1 aromatic heterocycles. The molecule has 0 atom stereocenters. The van der Waals surface area contributed by atoms with Crippen molar-refractivity contribution in [1.29, 1.82) is 0 Å². The van der Waals surface area contributed by atoms with Crippen molar-refractivity contribution in [3.05, 3.63) is 52.2 Å². The molecule has 1 N–H and O–H groups in total. The maximum atomic E-state index is 12.0. The average molecular weight is 274 g/mol. The number of aryl methyl sites for hydroxylation is 1. The largest absolute Gasteiger partial charge is 0.376 e. The van der Waals surface area contributed by atoms with E-state index in [1.54, 1.807) is 16.2 Å². The first-order valence-corrected chi connectivity index (χ1v) is 7.10. The van der Waals surface area contributed by atoms with Gasteiger partial charge in [0.05, 0.1) is 13.1 Å². The summed E-state index contributed by atoms with van der Waals surface area (Å²) in [6, 6.07) is 11.9. The fourth-order valence-corrected chi connectivity index (χ4v) is 2.70. The van der Waals surface area contributed by atoms with E-state index >= 15 is 0 Å². The Morgan fingerprint density at radius 1 is 1.26 bits per heavy atom. The molecule has 1 heterocycles. The zero-order valence-corrected chi connectivity index (χ0v) is 12.0. The van der Waals surface area contributed by atoms with E-state index in [1.807, 2.05) is 37.4 Å². The Bertz CT molecular complexity index is 536. The number of nitrogens with zero attached hydrogens (tertiary/aromatic N) is 1. The molecular weight excluding hydrogens is 256 g/mol. The molecule has 0 spiro atoms. The van der Waals surface area contributed by atoms with Crippen molar-refractivity contribution in [2.75, 3.05) is 18.9 Å². The van der Waals surface area contributed by atoms with Crippen LogP contribution >= 0.6 is 11.3 Å². The number of hydrogen-bond donors (Lipinski definition) is 1. The van der Waals surface area contributed by atoms with E-state index in [0.717, 1.165) is 5.69 Å². The van der Waals surface area contributed by atoms with Gasteiger partial charge in [-0.1, -0.05) is 18.2 Å². The van der Waals surface area contributed by atoms with Gasteiger partial charge in [0.25, 0.3) is 0 Å². The lowest BCUT2D eigenvalue weighted by atomic mass is 10.3. The number of amides is 1. The van der Waals surface area contributed by atoms with Gasteiger partial charge in [-0.2, -0.15) is 0 Å². The summed E-state index contributed by atoms with van der Waals surface area (Å²) in [5.41, 5.74) is 2.22. The second-order valence-corrected chi connectivity index (χ2v) is 5.50. The molecule has 2 rings (SSSR count). The number of hydrogen-bond acceptors (Lipinski definition) is 3. The van der Waals surface area contributed by atoms with E-state index in [9.17, 15) is 4.79 Å². The van der Waals surface area contributed by atoms with Crippen LogP contribution < -0.4 is 5.32 Å². The Morgan fingerprint density at radius 3 is 2.63 bits per heavy atom. The summed E-state index contributed by atoms with van der Waals surface area (Å²) in [5, 5.41) is 5.19. The van der Waals surface area contributed by atoms with Crippen LogP contribution in [0.2, 0.25) is 0 Å². The van der Waals surface area contributed by atoms with Gasteiger partial charge in [-0.05, 0) is 36.1 Å².